The lowest BCUT2D eigenvalue weighted by Gasteiger charge is -2.10. The van der Waals surface area contributed by atoms with Crippen molar-refractivity contribution in [3.63, 3.8) is 0 Å². The fourth-order valence-corrected chi connectivity index (χ4v) is 1.98. The van der Waals surface area contributed by atoms with Crippen LogP contribution in [0.25, 0.3) is 0 Å². The van der Waals surface area contributed by atoms with E-state index >= 15 is 0 Å². The average Bonchev–Trinajstić information content (AvgIpc) is 2.70. The smallest absolute Gasteiger partial charge is 0.263 e. The predicted molar refractivity (Wildman–Crippen MR) is 59.3 cm³/mol. The summed E-state index contributed by atoms with van der Waals surface area (Å²) >= 11 is 0. The van der Waals surface area contributed by atoms with Gasteiger partial charge in [-0.15, -0.1) is 0 Å². The van der Waals surface area contributed by atoms with E-state index in [9.17, 15) is 9.59 Å². The van der Waals surface area contributed by atoms with Crippen molar-refractivity contribution in [3.8, 4) is 0 Å². The van der Waals surface area contributed by atoms with E-state index in [0.717, 1.165) is 25.7 Å². The fourth-order valence-electron chi connectivity index (χ4n) is 1.98. The quantitative estimate of drug-likeness (QED) is 0.773. The molecule has 5 heteroatoms. The molecule has 2 rings (SSSR count). The van der Waals surface area contributed by atoms with E-state index in [4.69, 9.17) is 0 Å². The van der Waals surface area contributed by atoms with Crippen molar-refractivity contribution in [1.29, 1.82) is 0 Å². The molecule has 0 atom stereocenters. The zero-order valence-electron chi connectivity index (χ0n) is 9.25. The van der Waals surface area contributed by atoms with Gasteiger partial charge in [0.15, 0.2) is 0 Å². The topological polar surface area (TPSA) is 74.8 Å². The average molecular weight is 221 g/mol. The number of aromatic nitrogens is 2. The summed E-state index contributed by atoms with van der Waals surface area (Å²) in [6.45, 7) is 1.68. The SMILES string of the molecule is Cc1ncc(C(=O)NC2CCCC2)c(=O)[nH]1. The predicted octanol–water partition coefficient (Wildman–Crippen LogP) is 0.751. The Morgan fingerprint density at radius 3 is 2.81 bits per heavy atom. The highest BCUT2D eigenvalue weighted by molar-refractivity contribution is 5.93. The van der Waals surface area contributed by atoms with Gasteiger partial charge in [-0.3, -0.25) is 9.59 Å². The summed E-state index contributed by atoms with van der Waals surface area (Å²) in [6.07, 6.45) is 5.63. The van der Waals surface area contributed by atoms with E-state index in [0.29, 0.717) is 5.82 Å². The Morgan fingerprint density at radius 1 is 1.50 bits per heavy atom. The maximum Gasteiger partial charge on any atom is 0.263 e. The van der Waals surface area contributed by atoms with Crippen LogP contribution >= 0.6 is 0 Å². The molecule has 16 heavy (non-hydrogen) atoms. The summed E-state index contributed by atoms with van der Waals surface area (Å²) in [5.74, 6) is 0.197. The molecule has 2 N–H and O–H groups in total. The number of carbonyl (C=O) groups is 1. The lowest BCUT2D eigenvalue weighted by atomic mass is 10.2. The molecule has 1 saturated carbocycles. The van der Waals surface area contributed by atoms with Gasteiger partial charge in [-0.05, 0) is 19.8 Å². The van der Waals surface area contributed by atoms with E-state index in [1.165, 1.54) is 6.20 Å². The molecular formula is C11H15N3O2. The molecule has 1 aliphatic rings. The third kappa shape index (κ3) is 2.29. The van der Waals surface area contributed by atoms with Crippen molar-refractivity contribution in [2.75, 3.05) is 0 Å². The molecule has 86 valence electrons. The molecule has 1 amide bonds. The zero-order chi connectivity index (χ0) is 11.5. The van der Waals surface area contributed by atoms with Gasteiger partial charge in [0, 0.05) is 12.2 Å². The van der Waals surface area contributed by atoms with Crippen LogP contribution in [0.2, 0.25) is 0 Å². The molecule has 1 aromatic rings. The minimum Gasteiger partial charge on any atom is -0.349 e. The Kier molecular flexibility index (Phi) is 3.03. The van der Waals surface area contributed by atoms with Gasteiger partial charge in [0.2, 0.25) is 0 Å². The highest BCUT2D eigenvalue weighted by Crippen LogP contribution is 2.17. The molecule has 0 aliphatic heterocycles. The zero-order valence-corrected chi connectivity index (χ0v) is 9.25. The van der Waals surface area contributed by atoms with Crippen LogP contribution in [0.3, 0.4) is 0 Å². The normalized spacial score (nSPS) is 16.3. The first-order chi connectivity index (χ1) is 7.66. The van der Waals surface area contributed by atoms with Gasteiger partial charge < -0.3 is 10.3 Å². The second-order valence-electron chi connectivity index (χ2n) is 4.17. The summed E-state index contributed by atoms with van der Waals surface area (Å²) in [7, 11) is 0. The van der Waals surface area contributed by atoms with Gasteiger partial charge in [-0.25, -0.2) is 4.98 Å². The Balaban J connectivity index is 2.11. The maximum atomic E-state index is 11.8. The van der Waals surface area contributed by atoms with Crippen LogP contribution in [0.4, 0.5) is 0 Å². The molecule has 5 nitrogen and oxygen atoms in total. The van der Waals surface area contributed by atoms with Crippen LogP contribution < -0.4 is 10.9 Å². The molecule has 1 fully saturated rings. The van der Waals surface area contributed by atoms with Crippen LogP contribution in [-0.4, -0.2) is 21.9 Å². The van der Waals surface area contributed by atoms with Crippen LogP contribution in [0, 0.1) is 6.92 Å². The molecule has 1 aromatic heterocycles. The van der Waals surface area contributed by atoms with Gasteiger partial charge in [0.05, 0.1) is 0 Å². The van der Waals surface area contributed by atoms with Crippen molar-refractivity contribution >= 4 is 5.91 Å². The van der Waals surface area contributed by atoms with Crippen molar-refractivity contribution < 1.29 is 4.79 Å². The first-order valence-corrected chi connectivity index (χ1v) is 5.53. The molecule has 0 spiro atoms. The van der Waals surface area contributed by atoms with Gasteiger partial charge >= 0.3 is 0 Å². The van der Waals surface area contributed by atoms with Crippen molar-refractivity contribution in [3.05, 3.63) is 27.9 Å². The minimum atomic E-state index is -0.372. The number of nitrogens with one attached hydrogen (secondary N) is 2. The Bertz CT molecular complexity index is 447. The summed E-state index contributed by atoms with van der Waals surface area (Å²) in [5.41, 5.74) is -0.277. The monoisotopic (exact) mass is 221 g/mol. The largest absolute Gasteiger partial charge is 0.349 e. The summed E-state index contributed by atoms with van der Waals surface area (Å²) < 4.78 is 0. The lowest BCUT2D eigenvalue weighted by Crippen LogP contribution is -2.36. The molecule has 0 radical (unpaired) electrons. The van der Waals surface area contributed by atoms with Crippen molar-refractivity contribution in [2.45, 2.75) is 38.6 Å². The minimum absolute atomic E-state index is 0.0949. The van der Waals surface area contributed by atoms with E-state index in [1.807, 2.05) is 0 Å². The van der Waals surface area contributed by atoms with Crippen molar-refractivity contribution in [2.24, 2.45) is 0 Å². The third-order valence-corrected chi connectivity index (χ3v) is 2.86. The molecule has 0 aromatic carbocycles. The second-order valence-corrected chi connectivity index (χ2v) is 4.17. The van der Waals surface area contributed by atoms with E-state index < -0.39 is 0 Å². The summed E-state index contributed by atoms with van der Waals surface area (Å²) in [4.78, 5) is 29.7. The number of carbonyl (C=O) groups excluding carboxylic acids is 1. The first kappa shape index (κ1) is 10.9. The molecule has 0 bridgehead atoms. The molecule has 0 saturated heterocycles. The number of hydrogen-bond acceptors (Lipinski definition) is 3. The van der Waals surface area contributed by atoms with Crippen LogP contribution in [0.1, 0.15) is 41.9 Å². The third-order valence-electron chi connectivity index (χ3n) is 2.86. The van der Waals surface area contributed by atoms with Gasteiger partial charge in [-0.1, -0.05) is 12.8 Å². The van der Waals surface area contributed by atoms with Gasteiger partial charge in [0.1, 0.15) is 11.4 Å². The van der Waals surface area contributed by atoms with Crippen molar-refractivity contribution in [1.82, 2.24) is 15.3 Å². The lowest BCUT2D eigenvalue weighted by molar-refractivity contribution is 0.0936. The molecule has 1 aliphatic carbocycles. The number of amides is 1. The number of aromatic amines is 1. The highest BCUT2D eigenvalue weighted by atomic mass is 16.2. The Morgan fingerprint density at radius 2 is 2.19 bits per heavy atom. The summed E-state index contributed by atoms with van der Waals surface area (Å²) in [6, 6.07) is 0.216. The Hall–Kier alpha value is -1.65. The standard InChI is InChI=1S/C11H15N3O2/c1-7-12-6-9(10(15)13-7)11(16)14-8-4-2-3-5-8/h6,8H,2-5H2,1H3,(H,14,16)(H,12,13,15). The van der Waals surface area contributed by atoms with E-state index in [-0.39, 0.29) is 23.1 Å². The Labute approximate surface area is 93.3 Å². The maximum absolute atomic E-state index is 11.8. The van der Waals surface area contributed by atoms with E-state index in [1.54, 1.807) is 6.92 Å². The van der Waals surface area contributed by atoms with Gasteiger partial charge in [-0.2, -0.15) is 0 Å². The number of aryl methyl sites for hydroxylation is 1. The number of H-pyrrole nitrogens is 1. The van der Waals surface area contributed by atoms with Gasteiger partial charge in [0.25, 0.3) is 11.5 Å². The highest BCUT2D eigenvalue weighted by Gasteiger charge is 2.19. The van der Waals surface area contributed by atoms with Crippen LogP contribution in [-0.2, 0) is 0 Å². The number of nitrogens with zero attached hydrogens (tertiary/aromatic N) is 1. The fraction of sp³-hybridized carbons (Fsp3) is 0.545. The first-order valence-electron chi connectivity index (χ1n) is 5.53. The summed E-state index contributed by atoms with van der Waals surface area (Å²) in [5, 5.41) is 2.86. The molecule has 0 unspecified atom stereocenters. The number of hydrogen-bond donors (Lipinski definition) is 2. The van der Waals surface area contributed by atoms with E-state index in [2.05, 4.69) is 15.3 Å². The number of rotatable bonds is 2. The molecule has 1 heterocycles. The second kappa shape index (κ2) is 4.47. The van der Waals surface area contributed by atoms with Crippen LogP contribution in [0.15, 0.2) is 11.0 Å². The molecular weight excluding hydrogens is 206 g/mol. The van der Waals surface area contributed by atoms with Crippen LogP contribution in [0.5, 0.6) is 0 Å².